The van der Waals surface area contributed by atoms with Crippen LogP contribution < -0.4 is 15.8 Å². The first-order valence-corrected chi connectivity index (χ1v) is 7.59. The molecule has 7 heteroatoms. The molecule has 1 aliphatic heterocycles. The van der Waals surface area contributed by atoms with Gasteiger partial charge in [0, 0.05) is 19.1 Å². The van der Waals surface area contributed by atoms with Gasteiger partial charge in [0.1, 0.15) is 5.75 Å². The molecule has 0 aliphatic carbocycles. The number of halogens is 2. The summed E-state index contributed by atoms with van der Waals surface area (Å²) in [6.45, 7) is 2.88. The monoisotopic (exact) mass is 327 g/mol. The first kappa shape index (κ1) is 17.6. The van der Waals surface area contributed by atoms with Crippen molar-refractivity contribution in [3.05, 3.63) is 24.3 Å². The number of carbonyl (C=O) groups is 1. The molecule has 1 amide bonds. The minimum Gasteiger partial charge on any atom is -0.433 e. The summed E-state index contributed by atoms with van der Waals surface area (Å²) in [6, 6.07) is 6.26. The number of benzene rings is 1. The minimum absolute atomic E-state index is 0.0446. The number of likely N-dealkylation sites (tertiary alicyclic amines) is 1. The summed E-state index contributed by atoms with van der Waals surface area (Å²) in [5.74, 6) is -0.307. The average Bonchev–Trinajstić information content (AvgIpc) is 2.44. The molecule has 3 N–H and O–H groups in total. The lowest BCUT2D eigenvalue weighted by Gasteiger charge is -2.42. The molecule has 1 heterocycles. The van der Waals surface area contributed by atoms with E-state index in [4.69, 9.17) is 5.73 Å². The van der Waals surface area contributed by atoms with Crippen LogP contribution in [0.25, 0.3) is 0 Å². The Morgan fingerprint density at radius 3 is 2.83 bits per heavy atom. The van der Waals surface area contributed by atoms with Crippen LogP contribution in [0.4, 0.5) is 14.5 Å². The van der Waals surface area contributed by atoms with Crippen molar-refractivity contribution in [2.45, 2.75) is 32.9 Å². The summed E-state index contributed by atoms with van der Waals surface area (Å²) in [5.41, 5.74) is 6.26. The van der Waals surface area contributed by atoms with Gasteiger partial charge in [-0.2, -0.15) is 8.78 Å². The number of nitrogens with zero attached hydrogens (tertiary/aromatic N) is 1. The smallest absolute Gasteiger partial charge is 0.387 e. The van der Waals surface area contributed by atoms with Crippen molar-refractivity contribution in [2.75, 3.05) is 25.0 Å². The molecular formula is C16H23F2N3O2. The van der Waals surface area contributed by atoms with Crippen molar-refractivity contribution in [2.24, 2.45) is 11.1 Å². The van der Waals surface area contributed by atoms with Crippen LogP contribution in [0.3, 0.4) is 0 Å². The van der Waals surface area contributed by atoms with E-state index in [0.29, 0.717) is 0 Å². The number of rotatable bonds is 5. The predicted octanol–water partition coefficient (Wildman–Crippen LogP) is 2.29. The number of hydrogen-bond acceptors (Lipinski definition) is 4. The zero-order valence-electron chi connectivity index (χ0n) is 13.4. The number of nitrogens with one attached hydrogen (secondary N) is 1. The molecule has 23 heavy (non-hydrogen) atoms. The summed E-state index contributed by atoms with van der Waals surface area (Å²) in [6.07, 6.45) is 0.825. The molecule has 1 atom stereocenters. The highest BCUT2D eigenvalue weighted by Gasteiger charge is 2.33. The normalized spacial score (nSPS) is 21.2. The van der Waals surface area contributed by atoms with E-state index in [1.54, 1.807) is 12.1 Å². The Morgan fingerprint density at radius 2 is 2.17 bits per heavy atom. The van der Waals surface area contributed by atoms with Crippen LogP contribution in [0.2, 0.25) is 0 Å². The number of ether oxygens (including phenoxy) is 1. The Bertz CT molecular complexity index is 552. The van der Waals surface area contributed by atoms with Crippen molar-refractivity contribution in [3.63, 3.8) is 0 Å². The van der Waals surface area contributed by atoms with Gasteiger partial charge in [0.15, 0.2) is 0 Å². The molecule has 0 radical (unpaired) electrons. The largest absolute Gasteiger partial charge is 0.433 e. The Labute approximate surface area is 134 Å². The molecule has 1 fully saturated rings. The van der Waals surface area contributed by atoms with E-state index in [1.807, 2.05) is 4.90 Å². The molecule has 1 unspecified atom stereocenters. The molecule has 0 bridgehead atoms. The maximum Gasteiger partial charge on any atom is 0.387 e. The van der Waals surface area contributed by atoms with Gasteiger partial charge in [0.25, 0.3) is 0 Å². The van der Waals surface area contributed by atoms with Gasteiger partial charge in [-0.05, 0) is 24.0 Å². The van der Waals surface area contributed by atoms with Crippen LogP contribution >= 0.6 is 0 Å². The Balaban J connectivity index is 1.95. The first-order valence-electron chi connectivity index (χ1n) is 7.59. The van der Waals surface area contributed by atoms with Gasteiger partial charge in [-0.1, -0.05) is 26.0 Å². The molecule has 1 aromatic carbocycles. The van der Waals surface area contributed by atoms with E-state index in [-0.39, 0.29) is 35.3 Å². The molecule has 0 saturated carbocycles. The maximum atomic E-state index is 12.4. The lowest BCUT2D eigenvalue weighted by molar-refractivity contribution is -0.118. The third-order valence-electron chi connectivity index (χ3n) is 4.14. The Morgan fingerprint density at radius 1 is 1.48 bits per heavy atom. The van der Waals surface area contributed by atoms with Crippen LogP contribution in [0.1, 0.15) is 20.3 Å². The number of amides is 1. The minimum atomic E-state index is -2.93. The summed E-state index contributed by atoms with van der Waals surface area (Å²) in [4.78, 5) is 14.2. The van der Waals surface area contributed by atoms with Crippen LogP contribution in [-0.4, -0.2) is 43.1 Å². The number of piperidine rings is 1. The lowest BCUT2D eigenvalue weighted by atomic mass is 9.80. The topological polar surface area (TPSA) is 67.6 Å². The fourth-order valence-corrected chi connectivity index (χ4v) is 2.78. The molecular weight excluding hydrogens is 304 g/mol. The summed E-state index contributed by atoms with van der Waals surface area (Å²) in [5, 5.41) is 2.63. The van der Waals surface area contributed by atoms with Crippen LogP contribution in [0.15, 0.2) is 24.3 Å². The predicted molar refractivity (Wildman–Crippen MR) is 84.5 cm³/mol. The fourth-order valence-electron chi connectivity index (χ4n) is 2.78. The van der Waals surface area contributed by atoms with Crippen LogP contribution in [0, 0.1) is 5.41 Å². The van der Waals surface area contributed by atoms with Gasteiger partial charge >= 0.3 is 6.61 Å². The number of para-hydroxylation sites is 2. The fraction of sp³-hybridized carbons (Fsp3) is 0.562. The third kappa shape index (κ3) is 4.87. The molecule has 1 aromatic rings. The van der Waals surface area contributed by atoms with Gasteiger partial charge in [-0.15, -0.1) is 0 Å². The molecule has 0 aromatic heterocycles. The Hall–Kier alpha value is -1.73. The van der Waals surface area contributed by atoms with Crippen molar-refractivity contribution in [1.82, 2.24) is 4.90 Å². The number of anilines is 1. The summed E-state index contributed by atoms with van der Waals surface area (Å²) in [7, 11) is 0. The molecule has 2 rings (SSSR count). The van der Waals surface area contributed by atoms with E-state index >= 15 is 0 Å². The quantitative estimate of drug-likeness (QED) is 0.871. The second-order valence-electron chi connectivity index (χ2n) is 6.52. The van der Waals surface area contributed by atoms with E-state index in [0.717, 1.165) is 19.5 Å². The van der Waals surface area contributed by atoms with Gasteiger partial charge in [-0.3, -0.25) is 9.69 Å². The maximum absolute atomic E-state index is 12.4. The van der Waals surface area contributed by atoms with E-state index in [2.05, 4.69) is 23.9 Å². The summed E-state index contributed by atoms with van der Waals surface area (Å²) < 4.78 is 29.2. The molecule has 1 saturated heterocycles. The van der Waals surface area contributed by atoms with Gasteiger partial charge < -0.3 is 15.8 Å². The zero-order valence-corrected chi connectivity index (χ0v) is 13.4. The standard InChI is InChI=1S/C16H23F2N3O2/c1-16(2)10-21(8-7-13(16)19)9-14(22)20-11-5-3-4-6-12(11)23-15(17)18/h3-6,13,15H,7-10,19H2,1-2H3,(H,20,22). The molecule has 1 aliphatic rings. The third-order valence-corrected chi connectivity index (χ3v) is 4.14. The van der Waals surface area contributed by atoms with Crippen molar-refractivity contribution >= 4 is 11.6 Å². The number of carbonyl (C=O) groups excluding carboxylic acids is 1. The molecule has 0 spiro atoms. The van der Waals surface area contributed by atoms with E-state index in [1.165, 1.54) is 12.1 Å². The van der Waals surface area contributed by atoms with Gasteiger partial charge in [-0.25, -0.2) is 0 Å². The van der Waals surface area contributed by atoms with Gasteiger partial charge in [0.2, 0.25) is 5.91 Å². The van der Waals surface area contributed by atoms with Crippen molar-refractivity contribution < 1.29 is 18.3 Å². The molecule has 128 valence electrons. The first-order chi connectivity index (χ1) is 10.8. The Kier molecular flexibility index (Phi) is 5.54. The summed E-state index contributed by atoms with van der Waals surface area (Å²) >= 11 is 0. The number of hydrogen-bond donors (Lipinski definition) is 2. The molecule has 5 nitrogen and oxygen atoms in total. The van der Waals surface area contributed by atoms with Crippen molar-refractivity contribution in [3.8, 4) is 5.75 Å². The second kappa shape index (κ2) is 7.23. The average molecular weight is 327 g/mol. The van der Waals surface area contributed by atoms with Crippen LogP contribution in [0.5, 0.6) is 5.75 Å². The number of alkyl halides is 2. The highest BCUT2D eigenvalue weighted by Crippen LogP contribution is 2.28. The lowest BCUT2D eigenvalue weighted by Crippen LogP contribution is -2.53. The SMILES string of the molecule is CC1(C)CN(CC(=O)Nc2ccccc2OC(F)F)CCC1N. The van der Waals surface area contributed by atoms with E-state index < -0.39 is 6.61 Å². The van der Waals surface area contributed by atoms with E-state index in [9.17, 15) is 13.6 Å². The van der Waals surface area contributed by atoms with Crippen LogP contribution in [-0.2, 0) is 4.79 Å². The highest BCUT2D eigenvalue weighted by atomic mass is 19.3. The van der Waals surface area contributed by atoms with Gasteiger partial charge in [0.05, 0.1) is 12.2 Å². The van der Waals surface area contributed by atoms with Crippen molar-refractivity contribution in [1.29, 1.82) is 0 Å². The second-order valence-corrected chi connectivity index (χ2v) is 6.52. The highest BCUT2D eigenvalue weighted by molar-refractivity contribution is 5.93. The number of nitrogens with two attached hydrogens (primary N) is 1. The zero-order chi connectivity index (χ0) is 17.0.